The van der Waals surface area contributed by atoms with Crippen molar-refractivity contribution < 1.29 is 14.6 Å². The van der Waals surface area contributed by atoms with Crippen molar-refractivity contribution >= 4 is 0 Å². The van der Waals surface area contributed by atoms with E-state index in [0.717, 1.165) is 29.9 Å². The zero-order valence-corrected chi connectivity index (χ0v) is 17.3. The smallest absolute Gasteiger partial charge is 0.179 e. The van der Waals surface area contributed by atoms with Gasteiger partial charge in [-0.3, -0.25) is 0 Å². The molecule has 0 aliphatic carbocycles. The molecule has 0 amide bonds. The molecule has 0 unspecified atom stereocenters. The second-order valence-corrected chi connectivity index (χ2v) is 7.62. The van der Waals surface area contributed by atoms with Crippen LogP contribution in [0.2, 0.25) is 0 Å². The molecule has 0 bridgehead atoms. The summed E-state index contributed by atoms with van der Waals surface area (Å²) in [7, 11) is 0. The SMILES string of the molecule is CC(/C=C/C=C(\C)CO)=C\C=C\C=C\C=C\C=C(/C)C1OCC(C)(C)CO1. The summed E-state index contributed by atoms with van der Waals surface area (Å²) in [5.41, 5.74) is 3.26. The van der Waals surface area contributed by atoms with Crippen molar-refractivity contribution in [1.82, 2.24) is 0 Å². The first kappa shape index (κ1) is 23.1. The van der Waals surface area contributed by atoms with E-state index >= 15 is 0 Å². The second kappa shape index (κ2) is 12.4. The van der Waals surface area contributed by atoms with Crippen molar-refractivity contribution in [3.05, 3.63) is 83.6 Å². The highest BCUT2D eigenvalue weighted by atomic mass is 16.7. The first-order valence-corrected chi connectivity index (χ1v) is 9.37. The molecule has 0 aromatic rings. The van der Waals surface area contributed by atoms with E-state index in [2.05, 4.69) is 13.8 Å². The van der Waals surface area contributed by atoms with Crippen molar-refractivity contribution in [3.63, 3.8) is 0 Å². The minimum Gasteiger partial charge on any atom is -0.392 e. The van der Waals surface area contributed by atoms with Crippen molar-refractivity contribution in [2.75, 3.05) is 19.8 Å². The topological polar surface area (TPSA) is 38.7 Å². The van der Waals surface area contributed by atoms with E-state index in [1.54, 1.807) is 0 Å². The first-order chi connectivity index (χ1) is 12.8. The van der Waals surface area contributed by atoms with Gasteiger partial charge in [-0.05, 0) is 31.9 Å². The van der Waals surface area contributed by atoms with Crippen molar-refractivity contribution in [3.8, 4) is 0 Å². The third-order valence-corrected chi connectivity index (χ3v) is 3.89. The van der Waals surface area contributed by atoms with E-state index in [1.165, 1.54) is 0 Å². The van der Waals surface area contributed by atoms with Crippen molar-refractivity contribution in [2.45, 2.75) is 40.9 Å². The van der Waals surface area contributed by atoms with E-state index in [1.807, 2.05) is 87.6 Å². The van der Waals surface area contributed by atoms with Gasteiger partial charge in [0.2, 0.25) is 0 Å². The van der Waals surface area contributed by atoms with E-state index < -0.39 is 0 Å². The van der Waals surface area contributed by atoms with Gasteiger partial charge in [0.15, 0.2) is 6.29 Å². The van der Waals surface area contributed by atoms with Crippen molar-refractivity contribution in [1.29, 1.82) is 0 Å². The fourth-order valence-electron chi connectivity index (χ4n) is 2.18. The lowest BCUT2D eigenvalue weighted by Gasteiger charge is -2.34. The highest BCUT2D eigenvalue weighted by Crippen LogP contribution is 2.25. The number of allylic oxidation sites excluding steroid dienone is 12. The number of hydrogen-bond donors (Lipinski definition) is 1. The predicted molar refractivity (Wildman–Crippen MR) is 114 cm³/mol. The van der Waals surface area contributed by atoms with Crippen LogP contribution in [0.5, 0.6) is 0 Å². The Kier molecular flexibility index (Phi) is 10.6. The maximum atomic E-state index is 8.92. The van der Waals surface area contributed by atoms with Gasteiger partial charge in [-0.1, -0.05) is 86.3 Å². The van der Waals surface area contributed by atoms with Gasteiger partial charge in [-0.15, -0.1) is 0 Å². The lowest BCUT2D eigenvalue weighted by atomic mass is 9.95. The molecule has 1 rings (SSSR count). The van der Waals surface area contributed by atoms with Gasteiger partial charge in [0.1, 0.15) is 0 Å². The summed E-state index contributed by atoms with van der Waals surface area (Å²) in [5, 5.41) is 8.92. The highest BCUT2D eigenvalue weighted by molar-refractivity contribution is 5.27. The van der Waals surface area contributed by atoms with Gasteiger partial charge < -0.3 is 14.6 Å². The van der Waals surface area contributed by atoms with Crippen LogP contribution in [0, 0.1) is 5.41 Å². The van der Waals surface area contributed by atoms with Crippen LogP contribution < -0.4 is 0 Å². The van der Waals surface area contributed by atoms with Crippen LogP contribution in [0.25, 0.3) is 0 Å². The fourth-order valence-corrected chi connectivity index (χ4v) is 2.18. The Labute approximate surface area is 164 Å². The first-order valence-electron chi connectivity index (χ1n) is 9.37. The Morgan fingerprint density at radius 3 is 2.00 bits per heavy atom. The maximum Gasteiger partial charge on any atom is 0.179 e. The molecule has 0 spiro atoms. The predicted octanol–water partition coefficient (Wildman–Crippen LogP) is 5.44. The number of rotatable bonds is 8. The molecule has 0 aromatic heterocycles. The Balaban J connectivity index is 2.39. The molecule has 0 saturated carbocycles. The third kappa shape index (κ3) is 10.7. The highest BCUT2D eigenvalue weighted by Gasteiger charge is 2.28. The monoisotopic (exact) mass is 370 g/mol. The lowest BCUT2D eigenvalue weighted by molar-refractivity contribution is -0.202. The molecule has 0 aromatic carbocycles. The molecule has 3 nitrogen and oxygen atoms in total. The Bertz CT molecular complexity index is 645. The largest absolute Gasteiger partial charge is 0.392 e. The summed E-state index contributed by atoms with van der Waals surface area (Å²) in [6, 6.07) is 0. The van der Waals surface area contributed by atoms with Gasteiger partial charge in [0, 0.05) is 5.41 Å². The molecule has 1 aliphatic heterocycles. The molecule has 1 heterocycles. The summed E-state index contributed by atoms with van der Waals surface area (Å²) >= 11 is 0. The molecule has 1 N–H and O–H groups in total. The van der Waals surface area contributed by atoms with Gasteiger partial charge in [0.05, 0.1) is 19.8 Å². The normalized spacial score (nSPS) is 20.7. The Hall–Kier alpha value is -1.94. The fraction of sp³-hybridized carbons (Fsp3) is 0.417. The van der Waals surface area contributed by atoms with Crippen LogP contribution in [-0.4, -0.2) is 31.2 Å². The van der Waals surface area contributed by atoms with Crippen LogP contribution in [-0.2, 0) is 9.47 Å². The molecule has 0 atom stereocenters. The van der Waals surface area contributed by atoms with Crippen LogP contribution in [0.3, 0.4) is 0 Å². The minimum absolute atomic E-state index is 0.0961. The Morgan fingerprint density at radius 1 is 0.852 bits per heavy atom. The molecule has 0 radical (unpaired) electrons. The minimum atomic E-state index is -0.233. The average molecular weight is 371 g/mol. The number of aliphatic hydroxyl groups excluding tert-OH is 1. The van der Waals surface area contributed by atoms with Crippen LogP contribution >= 0.6 is 0 Å². The number of ether oxygens (including phenoxy) is 2. The van der Waals surface area contributed by atoms with Gasteiger partial charge >= 0.3 is 0 Å². The zero-order valence-electron chi connectivity index (χ0n) is 17.3. The summed E-state index contributed by atoms with van der Waals surface area (Å²) in [5.74, 6) is 0. The average Bonchev–Trinajstić information content (AvgIpc) is 2.63. The summed E-state index contributed by atoms with van der Waals surface area (Å²) in [6.45, 7) is 11.8. The molecule has 1 fully saturated rings. The van der Waals surface area contributed by atoms with Gasteiger partial charge in [-0.25, -0.2) is 0 Å². The second-order valence-electron chi connectivity index (χ2n) is 7.62. The van der Waals surface area contributed by atoms with Crippen LogP contribution in [0.4, 0.5) is 0 Å². The summed E-state index contributed by atoms with van der Waals surface area (Å²) in [4.78, 5) is 0. The van der Waals surface area contributed by atoms with E-state index in [0.29, 0.717) is 0 Å². The van der Waals surface area contributed by atoms with E-state index in [-0.39, 0.29) is 18.3 Å². The third-order valence-electron chi connectivity index (χ3n) is 3.89. The number of aliphatic hydroxyl groups is 1. The van der Waals surface area contributed by atoms with E-state index in [4.69, 9.17) is 14.6 Å². The molecule has 3 heteroatoms. The summed E-state index contributed by atoms with van der Waals surface area (Å²) in [6.07, 6.45) is 21.6. The van der Waals surface area contributed by atoms with Crippen LogP contribution in [0.15, 0.2) is 83.6 Å². The van der Waals surface area contributed by atoms with Gasteiger partial charge in [-0.2, -0.15) is 0 Å². The quantitative estimate of drug-likeness (QED) is 0.578. The zero-order chi connectivity index (χ0) is 20.1. The number of hydrogen-bond acceptors (Lipinski definition) is 3. The Morgan fingerprint density at radius 2 is 1.41 bits per heavy atom. The summed E-state index contributed by atoms with van der Waals surface area (Å²) < 4.78 is 11.5. The van der Waals surface area contributed by atoms with Crippen molar-refractivity contribution in [2.24, 2.45) is 5.41 Å². The molecule has 1 saturated heterocycles. The molecular formula is C24H34O3. The lowest BCUT2D eigenvalue weighted by Crippen LogP contribution is -2.38. The van der Waals surface area contributed by atoms with Crippen LogP contribution in [0.1, 0.15) is 34.6 Å². The standard InChI is InChI=1S/C24H34O3/c1-20(14-12-15-21(2)17-25)13-10-8-6-7-9-11-16-22(3)23-26-18-24(4,5)19-27-23/h6-16,23,25H,17-19H2,1-5H3/b7-6+,10-8+,11-9+,14-12+,20-13+,21-15+,22-16+. The van der Waals surface area contributed by atoms with E-state index in [9.17, 15) is 0 Å². The maximum absolute atomic E-state index is 8.92. The molecule has 1 aliphatic rings. The molecule has 27 heavy (non-hydrogen) atoms. The molecule has 148 valence electrons. The molecular weight excluding hydrogens is 336 g/mol. The van der Waals surface area contributed by atoms with Gasteiger partial charge in [0.25, 0.3) is 0 Å².